The third-order valence-corrected chi connectivity index (χ3v) is 4.15. The number of carbonyl (C=O) groups excluding carboxylic acids is 1. The maximum absolute atomic E-state index is 12.0. The third kappa shape index (κ3) is 4.49. The van der Waals surface area contributed by atoms with E-state index in [9.17, 15) is 4.79 Å². The van der Waals surface area contributed by atoms with Crippen molar-refractivity contribution >= 4 is 29.4 Å². The van der Waals surface area contributed by atoms with Gasteiger partial charge in [-0.05, 0) is 30.9 Å². The summed E-state index contributed by atoms with van der Waals surface area (Å²) in [5, 5.41) is 9.27. The van der Waals surface area contributed by atoms with Crippen LogP contribution in [-0.4, -0.2) is 21.4 Å². The second-order valence-electron chi connectivity index (χ2n) is 5.05. The Bertz CT molecular complexity index is 662. The van der Waals surface area contributed by atoms with Gasteiger partial charge in [0.2, 0.25) is 5.91 Å². The molecule has 0 aliphatic heterocycles. The van der Waals surface area contributed by atoms with Crippen molar-refractivity contribution in [2.24, 2.45) is 7.05 Å². The van der Waals surface area contributed by atoms with Gasteiger partial charge in [-0.1, -0.05) is 30.3 Å². The van der Waals surface area contributed by atoms with Gasteiger partial charge in [-0.2, -0.15) is 5.10 Å². The van der Waals surface area contributed by atoms with Crippen LogP contribution >= 0.6 is 11.8 Å². The van der Waals surface area contributed by atoms with E-state index in [-0.39, 0.29) is 5.91 Å². The molecule has 1 N–H and O–H groups in total. The smallest absolute Gasteiger partial charge is 0.225 e. The highest BCUT2D eigenvalue weighted by atomic mass is 32.2. The Morgan fingerprint density at radius 3 is 2.68 bits per heavy atom. The first-order valence-corrected chi connectivity index (χ1v) is 8.26. The summed E-state index contributed by atoms with van der Waals surface area (Å²) in [5.74, 6) is 0.785. The number of hydrogen-bond acceptors (Lipinski definition) is 3. The molecule has 4 nitrogen and oxygen atoms in total. The lowest BCUT2D eigenvalue weighted by molar-refractivity contribution is -0.115. The molecule has 0 saturated heterocycles. The monoisotopic (exact) mass is 315 g/mol. The van der Waals surface area contributed by atoms with Crippen LogP contribution in [0.15, 0.2) is 35.7 Å². The number of anilines is 1. The fourth-order valence-electron chi connectivity index (χ4n) is 2.07. The molecule has 0 spiro atoms. The van der Waals surface area contributed by atoms with E-state index in [1.165, 1.54) is 5.56 Å². The summed E-state index contributed by atoms with van der Waals surface area (Å²) in [4.78, 5) is 12.0. The molecule has 1 aromatic carbocycles. The average Bonchev–Trinajstić information content (AvgIpc) is 2.74. The fraction of sp³-hybridized carbons (Fsp3) is 0.294. The highest BCUT2D eigenvalue weighted by Gasteiger charge is 2.11. The number of nitrogens with one attached hydrogen (secondary N) is 1. The van der Waals surface area contributed by atoms with E-state index in [2.05, 4.69) is 28.6 Å². The molecule has 0 fully saturated rings. The second-order valence-corrected chi connectivity index (χ2v) is 6.07. The van der Waals surface area contributed by atoms with Gasteiger partial charge < -0.3 is 5.32 Å². The highest BCUT2D eigenvalue weighted by molar-refractivity contribution is 8.02. The van der Waals surface area contributed by atoms with Crippen LogP contribution in [0.3, 0.4) is 0 Å². The van der Waals surface area contributed by atoms with Gasteiger partial charge in [0.05, 0.1) is 17.1 Å². The van der Waals surface area contributed by atoms with Crippen molar-refractivity contribution < 1.29 is 4.79 Å². The number of aryl methyl sites for hydroxylation is 2. The zero-order valence-electron chi connectivity index (χ0n) is 13.2. The molecular weight excluding hydrogens is 294 g/mol. The Hall–Kier alpha value is -2.01. The molecule has 0 aliphatic rings. The summed E-state index contributed by atoms with van der Waals surface area (Å²) in [6.45, 7) is 3.85. The predicted octanol–water partition coefficient (Wildman–Crippen LogP) is 3.77. The largest absolute Gasteiger partial charge is 0.323 e. The first-order chi connectivity index (χ1) is 10.6. The molecule has 0 bridgehead atoms. The zero-order valence-corrected chi connectivity index (χ0v) is 14.0. The molecule has 1 aromatic heterocycles. The molecule has 0 radical (unpaired) electrons. The van der Waals surface area contributed by atoms with E-state index in [0.29, 0.717) is 6.42 Å². The van der Waals surface area contributed by atoms with E-state index >= 15 is 0 Å². The van der Waals surface area contributed by atoms with Crippen molar-refractivity contribution in [1.29, 1.82) is 0 Å². The van der Waals surface area contributed by atoms with E-state index in [1.807, 2.05) is 44.5 Å². The lowest BCUT2D eigenvalue weighted by Gasteiger charge is -2.04. The van der Waals surface area contributed by atoms with Gasteiger partial charge in [-0.15, -0.1) is 11.8 Å². The minimum Gasteiger partial charge on any atom is -0.323 e. The number of thioether (sulfide) groups is 1. The lowest BCUT2D eigenvalue weighted by atomic mass is 10.2. The lowest BCUT2D eigenvalue weighted by Crippen LogP contribution is -2.13. The molecule has 2 aromatic rings. The summed E-state index contributed by atoms with van der Waals surface area (Å²) in [5.41, 5.74) is 3.82. The topological polar surface area (TPSA) is 46.9 Å². The summed E-state index contributed by atoms with van der Waals surface area (Å²) in [6, 6.07) is 10.1. The van der Waals surface area contributed by atoms with Gasteiger partial charge in [0.25, 0.3) is 0 Å². The minimum absolute atomic E-state index is 0.0276. The van der Waals surface area contributed by atoms with Crippen LogP contribution in [0.2, 0.25) is 0 Å². The average molecular weight is 315 g/mol. The summed E-state index contributed by atoms with van der Waals surface area (Å²) in [6.07, 6.45) is 2.54. The van der Waals surface area contributed by atoms with Crippen LogP contribution in [0.5, 0.6) is 0 Å². The van der Waals surface area contributed by atoms with Crippen molar-refractivity contribution in [2.75, 3.05) is 11.1 Å². The van der Waals surface area contributed by atoms with Gasteiger partial charge in [-0.3, -0.25) is 9.48 Å². The molecule has 0 aliphatic carbocycles. The van der Waals surface area contributed by atoms with Crippen molar-refractivity contribution in [3.63, 3.8) is 0 Å². The highest BCUT2D eigenvalue weighted by Crippen LogP contribution is 2.19. The molecular formula is C17H21N3OS. The molecule has 0 saturated carbocycles. The fourth-order valence-corrected chi connectivity index (χ4v) is 2.76. The molecule has 1 amide bonds. The predicted molar refractivity (Wildman–Crippen MR) is 93.9 cm³/mol. The van der Waals surface area contributed by atoms with Gasteiger partial charge in [0, 0.05) is 19.2 Å². The van der Waals surface area contributed by atoms with E-state index in [4.69, 9.17) is 0 Å². The zero-order chi connectivity index (χ0) is 15.9. The number of rotatable bonds is 6. The van der Waals surface area contributed by atoms with Crippen molar-refractivity contribution in [2.45, 2.75) is 20.3 Å². The van der Waals surface area contributed by atoms with Gasteiger partial charge in [0.15, 0.2) is 0 Å². The Kier molecular flexibility index (Phi) is 5.83. The van der Waals surface area contributed by atoms with E-state index in [1.54, 1.807) is 16.4 Å². The summed E-state index contributed by atoms with van der Waals surface area (Å²) < 4.78 is 1.78. The van der Waals surface area contributed by atoms with E-state index in [0.717, 1.165) is 22.8 Å². The Balaban J connectivity index is 1.75. The van der Waals surface area contributed by atoms with Gasteiger partial charge in [0.1, 0.15) is 0 Å². The van der Waals surface area contributed by atoms with E-state index < -0.39 is 0 Å². The normalized spacial score (nSPS) is 11.0. The van der Waals surface area contributed by atoms with Crippen LogP contribution in [0.4, 0.5) is 5.69 Å². The van der Waals surface area contributed by atoms with Crippen molar-refractivity contribution in [3.05, 3.63) is 52.7 Å². The molecule has 22 heavy (non-hydrogen) atoms. The number of carbonyl (C=O) groups is 1. The molecule has 1 heterocycles. The first kappa shape index (κ1) is 16.4. The van der Waals surface area contributed by atoms with Crippen LogP contribution < -0.4 is 5.32 Å². The Morgan fingerprint density at radius 2 is 2.05 bits per heavy atom. The first-order valence-electron chi connectivity index (χ1n) is 7.21. The molecule has 5 heteroatoms. The van der Waals surface area contributed by atoms with Gasteiger partial charge >= 0.3 is 0 Å². The van der Waals surface area contributed by atoms with Gasteiger partial charge in [-0.25, -0.2) is 0 Å². The molecule has 0 atom stereocenters. The maximum atomic E-state index is 12.0. The third-order valence-electron chi connectivity index (χ3n) is 3.38. The number of amides is 1. The Morgan fingerprint density at radius 1 is 1.32 bits per heavy atom. The van der Waals surface area contributed by atoms with Crippen LogP contribution in [0.1, 0.15) is 23.4 Å². The standard InChI is InChI=1S/C17H21N3OS/c1-13-17(14(2)20(3)19-13)18-16(21)10-12-22-11-9-15-7-5-4-6-8-15/h4-9,11H,10,12H2,1-3H3,(H,18,21)/b11-9-. The number of hydrogen-bond donors (Lipinski definition) is 1. The summed E-state index contributed by atoms with van der Waals surface area (Å²) in [7, 11) is 1.88. The second kappa shape index (κ2) is 7.84. The Labute approximate surface area is 135 Å². The van der Waals surface area contributed by atoms with Crippen LogP contribution in [0, 0.1) is 13.8 Å². The molecule has 116 valence electrons. The van der Waals surface area contributed by atoms with Crippen LogP contribution in [0.25, 0.3) is 6.08 Å². The number of aromatic nitrogens is 2. The summed E-state index contributed by atoms with van der Waals surface area (Å²) >= 11 is 1.64. The molecule has 2 rings (SSSR count). The SMILES string of the molecule is Cc1nn(C)c(C)c1NC(=O)CCS/C=C\c1ccccc1. The molecule has 0 unspecified atom stereocenters. The minimum atomic E-state index is 0.0276. The van der Waals surface area contributed by atoms with Crippen LogP contribution in [-0.2, 0) is 11.8 Å². The van der Waals surface area contributed by atoms with Crippen molar-refractivity contribution in [1.82, 2.24) is 9.78 Å². The number of benzene rings is 1. The maximum Gasteiger partial charge on any atom is 0.225 e. The quantitative estimate of drug-likeness (QED) is 0.825. The number of nitrogens with zero attached hydrogens (tertiary/aromatic N) is 2. The van der Waals surface area contributed by atoms with Crippen molar-refractivity contribution in [3.8, 4) is 0 Å².